The van der Waals surface area contributed by atoms with Gasteiger partial charge in [0.15, 0.2) is 7.14 Å². The van der Waals surface area contributed by atoms with Crippen molar-refractivity contribution in [3.63, 3.8) is 0 Å². The minimum atomic E-state index is -3.09. The van der Waals surface area contributed by atoms with Gasteiger partial charge in [0.25, 0.3) is 0 Å². The average molecular weight is 383 g/mol. The van der Waals surface area contributed by atoms with Gasteiger partial charge in [-0.1, -0.05) is 30.3 Å². The molecule has 3 aromatic carbocycles. The summed E-state index contributed by atoms with van der Waals surface area (Å²) in [6.45, 7) is 0. The van der Waals surface area contributed by atoms with Crippen LogP contribution in [0.4, 0.5) is 0 Å². The number of benzene rings is 3. The lowest BCUT2D eigenvalue weighted by Gasteiger charge is -2.34. The number of hydrogen-bond acceptors (Lipinski definition) is 4. The molecule has 0 saturated heterocycles. The molecule has 1 aromatic heterocycles. The zero-order chi connectivity index (χ0) is 18.7. The van der Waals surface area contributed by atoms with Gasteiger partial charge in [0.05, 0.1) is 10.6 Å². The summed E-state index contributed by atoms with van der Waals surface area (Å²) in [6, 6.07) is 22.8. The molecule has 0 bridgehead atoms. The Bertz CT molecular complexity index is 1230. The minimum absolute atomic E-state index is 0.577. The Morgan fingerprint density at radius 3 is 1.86 bits per heavy atom. The first-order valence-electron chi connectivity index (χ1n) is 8.99. The molecule has 0 radical (unpaired) electrons. The van der Waals surface area contributed by atoms with Crippen molar-refractivity contribution in [1.82, 2.24) is 4.98 Å². The molecule has 4 aromatic rings. The van der Waals surface area contributed by atoms with Crippen LogP contribution in [0.1, 0.15) is 0 Å². The van der Waals surface area contributed by atoms with E-state index in [0.717, 1.165) is 11.1 Å². The zero-order valence-electron chi connectivity index (χ0n) is 14.7. The molecule has 0 N–H and O–H groups in total. The molecule has 2 aliphatic rings. The number of fused-ring (bicyclic) bond motifs is 4. The summed E-state index contributed by atoms with van der Waals surface area (Å²) < 4.78 is 27.0. The second-order valence-corrected chi connectivity index (χ2v) is 9.44. The van der Waals surface area contributed by atoms with E-state index < -0.39 is 7.14 Å². The second kappa shape index (κ2) is 5.57. The van der Waals surface area contributed by atoms with Gasteiger partial charge in [-0.05, 0) is 48.0 Å². The molecule has 0 amide bonds. The van der Waals surface area contributed by atoms with E-state index in [1.807, 2.05) is 72.8 Å². The number of para-hydroxylation sites is 2. The second-order valence-electron chi connectivity index (χ2n) is 6.81. The molecule has 0 spiro atoms. The Hall–Kier alpha value is -3.36. The lowest BCUT2D eigenvalue weighted by molar-refractivity contribution is 0.462. The van der Waals surface area contributed by atoms with Crippen LogP contribution in [-0.2, 0) is 4.57 Å². The van der Waals surface area contributed by atoms with Gasteiger partial charge < -0.3 is 14.0 Å². The minimum Gasteiger partial charge on any atom is -0.456 e. The Kier molecular flexibility index (Phi) is 3.12. The van der Waals surface area contributed by atoms with E-state index in [4.69, 9.17) is 9.47 Å². The van der Waals surface area contributed by atoms with Gasteiger partial charge in [-0.3, -0.25) is 4.98 Å². The van der Waals surface area contributed by atoms with Gasteiger partial charge in [0.2, 0.25) is 0 Å². The van der Waals surface area contributed by atoms with Crippen LogP contribution >= 0.6 is 7.14 Å². The van der Waals surface area contributed by atoms with Gasteiger partial charge in [0.1, 0.15) is 28.3 Å². The van der Waals surface area contributed by atoms with Crippen molar-refractivity contribution in [2.24, 2.45) is 0 Å². The van der Waals surface area contributed by atoms with Gasteiger partial charge in [-0.15, -0.1) is 0 Å². The summed E-state index contributed by atoms with van der Waals surface area (Å²) in [4.78, 5) is 4.21. The third kappa shape index (κ3) is 2.01. The van der Waals surface area contributed by atoms with Crippen molar-refractivity contribution in [2.45, 2.75) is 0 Å². The van der Waals surface area contributed by atoms with Crippen molar-refractivity contribution in [3.05, 3.63) is 85.2 Å². The molecule has 0 unspecified atom stereocenters. The lowest BCUT2D eigenvalue weighted by atomic mass is 10.1. The first kappa shape index (κ1) is 15.7. The number of hydrogen-bond donors (Lipinski definition) is 0. The third-order valence-electron chi connectivity index (χ3n) is 5.20. The topological polar surface area (TPSA) is 48.4 Å². The van der Waals surface area contributed by atoms with Crippen molar-refractivity contribution in [3.8, 4) is 34.1 Å². The molecular formula is C23H14NO3P. The van der Waals surface area contributed by atoms with Gasteiger partial charge >= 0.3 is 0 Å². The maximum absolute atomic E-state index is 14.6. The van der Waals surface area contributed by atoms with Crippen LogP contribution in [0.15, 0.2) is 85.2 Å². The first-order chi connectivity index (χ1) is 13.7. The van der Waals surface area contributed by atoms with E-state index in [1.165, 1.54) is 0 Å². The van der Waals surface area contributed by atoms with Crippen LogP contribution in [-0.4, -0.2) is 4.98 Å². The Morgan fingerprint density at radius 2 is 1.29 bits per heavy atom. The number of pyridine rings is 1. The highest BCUT2D eigenvalue weighted by atomic mass is 31.2. The summed E-state index contributed by atoms with van der Waals surface area (Å²) >= 11 is 0. The molecule has 134 valence electrons. The molecule has 2 aliphatic heterocycles. The van der Waals surface area contributed by atoms with Crippen molar-refractivity contribution in [2.75, 3.05) is 0 Å². The summed E-state index contributed by atoms with van der Waals surface area (Å²) in [6.07, 6.45) is 3.53. The summed E-state index contributed by atoms with van der Waals surface area (Å²) in [5, 5.41) is 2.07. The molecule has 4 nitrogen and oxygen atoms in total. The maximum Gasteiger partial charge on any atom is 0.185 e. The monoisotopic (exact) mass is 383 g/mol. The van der Waals surface area contributed by atoms with E-state index in [2.05, 4.69) is 4.98 Å². The predicted octanol–water partition coefficient (Wildman–Crippen LogP) is 4.60. The molecule has 3 heterocycles. The molecule has 5 heteroatoms. The highest BCUT2D eigenvalue weighted by Crippen LogP contribution is 2.58. The first-order valence-corrected chi connectivity index (χ1v) is 10.7. The van der Waals surface area contributed by atoms with Crippen LogP contribution < -0.4 is 25.4 Å². The maximum atomic E-state index is 14.6. The predicted molar refractivity (Wildman–Crippen MR) is 109 cm³/mol. The number of ether oxygens (including phenoxy) is 2. The SMILES string of the molecule is O=P12c3ccccc3Oc3cc(-c4cccnc4)cc(c31)Oc1ccccc12. The Labute approximate surface area is 161 Å². The number of nitrogens with zero attached hydrogens (tertiary/aromatic N) is 1. The normalized spacial score (nSPS) is 14.7. The molecule has 28 heavy (non-hydrogen) atoms. The Morgan fingerprint density at radius 1 is 0.679 bits per heavy atom. The quantitative estimate of drug-likeness (QED) is 0.390. The summed E-state index contributed by atoms with van der Waals surface area (Å²) in [5.41, 5.74) is 1.86. The summed E-state index contributed by atoms with van der Waals surface area (Å²) in [5.74, 6) is 2.41. The van der Waals surface area contributed by atoms with Crippen LogP contribution in [0.25, 0.3) is 11.1 Å². The standard InChI is InChI=1S/C23H14NO3P/c25-28-21-9-3-1-7-17(21)26-19-12-16(15-6-5-11-24-14-15)13-20(23(19)28)27-18-8-2-4-10-22(18)28/h1-14H. The molecule has 0 saturated carbocycles. The fraction of sp³-hybridized carbons (Fsp3) is 0. The number of rotatable bonds is 1. The van der Waals surface area contributed by atoms with Crippen LogP contribution in [0.3, 0.4) is 0 Å². The van der Waals surface area contributed by atoms with Gasteiger partial charge in [-0.25, -0.2) is 0 Å². The van der Waals surface area contributed by atoms with Gasteiger partial charge in [0, 0.05) is 18.0 Å². The fourth-order valence-electron chi connectivity index (χ4n) is 3.96. The highest BCUT2D eigenvalue weighted by Gasteiger charge is 2.46. The van der Waals surface area contributed by atoms with E-state index in [0.29, 0.717) is 38.9 Å². The largest absolute Gasteiger partial charge is 0.456 e. The molecule has 0 fully saturated rings. The van der Waals surface area contributed by atoms with Crippen molar-refractivity contribution in [1.29, 1.82) is 0 Å². The van der Waals surface area contributed by atoms with Gasteiger partial charge in [-0.2, -0.15) is 0 Å². The van der Waals surface area contributed by atoms with Crippen LogP contribution in [0.2, 0.25) is 0 Å². The van der Waals surface area contributed by atoms with Crippen molar-refractivity contribution < 1.29 is 14.0 Å². The average Bonchev–Trinajstić information content (AvgIpc) is 2.74. The molecule has 6 rings (SSSR count). The Balaban J connectivity index is 1.70. The molecule has 0 atom stereocenters. The smallest absolute Gasteiger partial charge is 0.185 e. The number of aromatic nitrogens is 1. The fourth-order valence-corrected chi connectivity index (χ4v) is 7.00. The molecular weight excluding hydrogens is 369 g/mol. The third-order valence-corrected chi connectivity index (χ3v) is 8.37. The zero-order valence-corrected chi connectivity index (χ0v) is 15.6. The van der Waals surface area contributed by atoms with Crippen LogP contribution in [0.5, 0.6) is 23.0 Å². The van der Waals surface area contributed by atoms with E-state index in [9.17, 15) is 4.57 Å². The van der Waals surface area contributed by atoms with Crippen molar-refractivity contribution >= 4 is 23.1 Å². The molecule has 0 aliphatic carbocycles. The van der Waals surface area contributed by atoms with Crippen LogP contribution in [0, 0.1) is 0 Å². The van der Waals surface area contributed by atoms with E-state index in [1.54, 1.807) is 12.4 Å². The van der Waals surface area contributed by atoms with E-state index in [-0.39, 0.29) is 0 Å². The summed E-state index contributed by atoms with van der Waals surface area (Å²) in [7, 11) is -3.09. The lowest BCUT2D eigenvalue weighted by Crippen LogP contribution is -2.35. The highest BCUT2D eigenvalue weighted by molar-refractivity contribution is 7.86. The van der Waals surface area contributed by atoms with E-state index >= 15 is 0 Å².